The molecule has 2 aliphatic rings. The maximum atomic E-state index is 5.70. The normalized spacial score (nSPS) is 21.0. The summed E-state index contributed by atoms with van der Waals surface area (Å²) in [5.74, 6) is 1.92. The smallest absolute Gasteiger partial charge is 0.191 e. The number of rotatable bonds is 2. The fraction of sp³-hybridized carbons (Fsp3) is 0.462. The minimum atomic E-state index is 0.428. The maximum absolute atomic E-state index is 5.70. The lowest BCUT2D eigenvalue weighted by Gasteiger charge is -2.12. The van der Waals surface area contributed by atoms with Gasteiger partial charge in [-0.3, -0.25) is 4.99 Å². The number of nitrogens with zero attached hydrogens (tertiary/aromatic N) is 1. The molecule has 3 rings (SSSR count). The monoisotopic (exact) mass is 309 g/mol. The molecule has 0 spiro atoms. The maximum Gasteiger partial charge on any atom is 0.191 e. The Kier molecular flexibility index (Phi) is 3.16. The highest BCUT2D eigenvalue weighted by molar-refractivity contribution is 9.10. The summed E-state index contributed by atoms with van der Waals surface area (Å²) in [6.45, 7) is 4.49. The van der Waals surface area contributed by atoms with Crippen molar-refractivity contribution in [3.63, 3.8) is 0 Å². The summed E-state index contributed by atoms with van der Waals surface area (Å²) >= 11 is 3.55. The Balaban J connectivity index is 1.73. The van der Waals surface area contributed by atoms with E-state index in [1.54, 1.807) is 0 Å². The van der Waals surface area contributed by atoms with Crippen molar-refractivity contribution >= 4 is 21.9 Å². The first-order valence-electron chi connectivity index (χ1n) is 6.21. The molecule has 0 saturated heterocycles. The van der Waals surface area contributed by atoms with Crippen molar-refractivity contribution in [3.8, 4) is 5.75 Å². The first-order chi connectivity index (χ1) is 8.72. The van der Waals surface area contributed by atoms with E-state index < -0.39 is 0 Å². The minimum absolute atomic E-state index is 0.428. The number of aliphatic imine (C=N–C) groups is 1. The summed E-state index contributed by atoms with van der Waals surface area (Å²) in [4.78, 5) is 4.39. The van der Waals surface area contributed by atoms with Crippen molar-refractivity contribution in [2.75, 3.05) is 13.2 Å². The third-order valence-electron chi connectivity index (χ3n) is 3.18. The highest BCUT2D eigenvalue weighted by Gasteiger charge is 2.18. The van der Waals surface area contributed by atoms with Gasteiger partial charge >= 0.3 is 0 Å². The van der Waals surface area contributed by atoms with E-state index in [9.17, 15) is 0 Å². The van der Waals surface area contributed by atoms with Gasteiger partial charge in [0.05, 0.1) is 13.2 Å². The molecule has 1 aromatic carbocycles. The number of guanidine groups is 1. The lowest BCUT2D eigenvalue weighted by atomic mass is 10.1. The predicted molar refractivity (Wildman–Crippen MR) is 75.1 cm³/mol. The Bertz CT molecular complexity index is 501. The zero-order valence-corrected chi connectivity index (χ0v) is 11.9. The quantitative estimate of drug-likeness (QED) is 0.876. The van der Waals surface area contributed by atoms with E-state index in [4.69, 9.17) is 4.74 Å². The molecule has 18 heavy (non-hydrogen) atoms. The molecule has 0 saturated carbocycles. The van der Waals surface area contributed by atoms with Crippen LogP contribution in [0.15, 0.2) is 21.6 Å². The van der Waals surface area contributed by atoms with E-state index in [2.05, 4.69) is 50.6 Å². The number of halogens is 1. The molecule has 1 aromatic rings. The summed E-state index contributed by atoms with van der Waals surface area (Å²) in [6.07, 6.45) is 0.998. The topological polar surface area (TPSA) is 45.7 Å². The summed E-state index contributed by atoms with van der Waals surface area (Å²) in [5.41, 5.74) is 2.47. The fourth-order valence-corrected chi connectivity index (χ4v) is 2.87. The molecule has 0 bridgehead atoms. The van der Waals surface area contributed by atoms with E-state index in [-0.39, 0.29) is 0 Å². The predicted octanol–water partition coefficient (Wildman–Crippen LogP) is 1.82. The van der Waals surface area contributed by atoms with Gasteiger partial charge in [-0.25, -0.2) is 0 Å². The van der Waals surface area contributed by atoms with E-state index in [0.717, 1.165) is 42.3 Å². The van der Waals surface area contributed by atoms with Gasteiger partial charge in [-0.1, -0.05) is 15.9 Å². The summed E-state index contributed by atoms with van der Waals surface area (Å²) in [7, 11) is 0. The van der Waals surface area contributed by atoms with Gasteiger partial charge in [-0.05, 0) is 24.6 Å². The van der Waals surface area contributed by atoms with Gasteiger partial charge in [0.2, 0.25) is 0 Å². The molecule has 0 aliphatic carbocycles. The first-order valence-corrected chi connectivity index (χ1v) is 7.00. The van der Waals surface area contributed by atoms with Crippen molar-refractivity contribution in [2.24, 2.45) is 4.99 Å². The molecule has 1 unspecified atom stereocenters. The molecule has 5 heteroatoms. The van der Waals surface area contributed by atoms with Crippen LogP contribution in [-0.2, 0) is 13.0 Å². The molecule has 96 valence electrons. The van der Waals surface area contributed by atoms with Crippen LogP contribution in [0.2, 0.25) is 0 Å². The van der Waals surface area contributed by atoms with Crippen molar-refractivity contribution in [1.29, 1.82) is 0 Å². The number of ether oxygens (including phenoxy) is 1. The highest BCUT2D eigenvalue weighted by Crippen LogP contribution is 2.32. The van der Waals surface area contributed by atoms with E-state index in [1.807, 2.05) is 0 Å². The van der Waals surface area contributed by atoms with Crippen LogP contribution in [0.5, 0.6) is 5.75 Å². The number of benzene rings is 1. The number of nitrogens with one attached hydrogen (secondary N) is 2. The average Bonchev–Trinajstić information content (AvgIpc) is 2.94. The lowest BCUT2D eigenvalue weighted by Crippen LogP contribution is -2.37. The molecule has 4 nitrogen and oxygen atoms in total. The Morgan fingerprint density at radius 1 is 1.56 bits per heavy atom. The third-order valence-corrected chi connectivity index (χ3v) is 3.64. The lowest BCUT2D eigenvalue weighted by molar-refractivity contribution is 0.353. The van der Waals surface area contributed by atoms with Gasteiger partial charge in [0.25, 0.3) is 0 Å². The van der Waals surface area contributed by atoms with Crippen LogP contribution < -0.4 is 15.4 Å². The van der Waals surface area contributed by atoms with E-state index >= 15 is 0 Å². The molecular weight excluding hydrogens is 294 g/mol. The van der Waals surface area contributed by atoms with Crippen molar-refractivity contribution < 1.29 is 4.74 Å². The molecule has 1 atom stereocenters. The largest absolute Gasteiger partial charge is 0.493 e. The SMILES string of the molecule is CC1CN=C(NCc2cc(Br)cc3c2OCC3)N1. The Hall–Kier alpha value is -1.23. The van der Waals surface area contributed by atoms with Crippen LogP contribution in [0, 0.1) is 0 Å². The van der Waals surface area contributed by atoms with Crippen molar-refractivity contribution in [3.05, 3.63) is 27.7 Å². The van der Waals surface area contributed by atoms with Crippen LogP contribution >= 0.6 is 15.9 Å². The molecule has 2 aliphatic heterocycles. The molecule has 0 aromatic heterocycles. The van der Waals surface area contributed by atoms with Gasteiger partial charge in [-0.2, -0.15) is 0 Å². The number of hydrogen-bond acceptors (Lipinski definition) is 4. The Morgan fingerprint density at radius 2 is 2.44 bits per heavy atom. The van der Waals surface area contributed by atoms with Crippen molar-refractivity contribution in [1.82, 2.24) is 10.6 Å². The third kappa shape index (κ3) is 2.32. The molecule has 2 N–H and O–H groups in total. The standard InChI is InChI=1S/C13H16BrN3O/c1-8-6-15-13(17-8)16-7-10-5-11(14)4-9-2-3-18-12(9)10/h4-5,8H,2-3,6-7H2,1H3,(H2,15,16,17). The van der Waals surface area contributed by atoms with Crippen LogP contribution in [0.4, 0.5) is 0 Å². The molecule has 2 heterocycles. The Labute approximate surface area is 115 Å². The van der Waals surface area contributed by atoms with Gasteiger partial charge in [-0.15, -0.1) is 0 Å². The van der Waals surface area contributed by atoms with Gasteiger partial charge in [0.15, 0.2) is 5.96 Å². The van der Waals surface area contributed by atoms with Gasteiger partial charge in [0.1, 0.15) is 5.75 Å². The van der Waals surface area contributed by atoms with Crippen LogP contribution in [0.1, 0.15) is 18.1 Å². The number of hydrogen-bond donors (Lipinski definition) is 2. The second-order valence-corrected chi connectivity index (χ2v) is 5.66. The zero-order valence-electron chi connectivity index (χ0n) is 10.3. The second kappa shape index (κ2) is 4.80. The Morgan fingerprint density at radius 3 is 3.22 bits per heavy atom. The molecule has 0 fully saturated rings. The average molecular weight is 310 g/mol. The summed E-state index contributed by atoms with van der Waals surface area (Å²) < 4.78 is 6.81. The van der Waals surface area contributed by atoms with Gasteiger partial charge in [0, 0.05) is 29.0 Å². The van der Waals surface area contributed by atoms with Gasteiger partial charge < -0.3 is 15.4 Å². The molecule has 0 radical (unpaired) electrons. The minimum Gasteiger partial charge on any atom is -0.493 e. The van der Waals surface area contributed by atoms with Crippen LogP contribution in [0.25, 0.3) is 0 Å². The van der Waals surface area contributed by atoms with Crippen LogP contribution in [0.3, 0.4) is 0 Å². The van der Waals surface area contributed by atoms with E-state index in [0.29, 0.717) is 6.04 Å². The second-order valence-electron chi connectivity index (χ2n) is 4.74. The van der Waals surface area contributed by atoms with Crippen molar-refractivity contribution in [2.45, 2.75) is 25.9 Å². The summed E-state index contributed by atoms with van der Waals surface area (Å²) in [6, 6.07) is 4.67. The van der Waals surface area contributed by atoms with Crippen LogP contribution in [-0.4, -0.2) is 25.2 Å². The number of fused-ring (bicyclic) bond motifs is 1. The molecule has 0 amide bonds. The highest BCUT2D eigenvalue weighted by atomic mass is 79.9. The first kappa shape index (κ1) is 11.8. The fourth-order valence-electron chi connectivity index (χ4n) is 2.32. The molecular formula is C13H16BrN3O. The van der Waals surface area contributed by atoms with E-state index in [1.165, 1.54) is 11.1 Å². The zero-order chi connectivity index (χ0) is 12.5. The summed E-state index contributed by atoms with van der Waals surface area (Å²) in [5, 5.41) is 6.62.